The molecule has 7 heteroatoms. The molecule has 1 N–H and O–H groups in total. The second-order valence-electron chi connectivity index (χ2n) is 5.30. The maximum atomic E-state index is 12.8. The smallest absolute Gasteiger partial charge is 0.262 e. The number of carbonyl (C=O) groups excluding carboxylic acids is 1. The number of carbonyl (C=O) groups is 1. The molecule has 1 amide bonds. The first-order valence-corrected chi connectivity index (χ1v) is 9.23. The highest BCUT2D eigenvalue weighted by Crippen LogP contribution is 2.18. The summed E-state index contributed by atoms with van der Waals surface area (Å²) in [5.41, 5.74) is 0.554. The van der Waals surface area contributed by atoms with E-state index in [1.165, 1.54) is 11.8 Å². The van der Waals surface area contributed by atoms with Crippen LogP contribution in [0.2, 0.25) is 0 Å². The van der Waals surface area contributed by atoms with Gasteiger partial charge in [-0.05, 0) is 25.5 Å². The zero-order valence-corrected chi connectivity index (χ0v) is 15.2. The lowest BCUT2D eigenvalue weighted by Crippen LogP contribution is -2.27. The number of benzene rings is 1. The largest absolute Gasteiger partial charge is 0.382 e. The van der Waals surface area contributed by atoms with Crippen LogP contribution >= 0.6 is 11.8 Å². The molecule has 0 atom stereocenters. The topological polar surface area (TPSA) is 73.2 Å². The molecule has 2 rings (SSSR count). The number of nitrogens with one attached hydrogen (secondary N) is 1. The monoisotopic (exact) mass is 361 g/mol. The SMILES string of the molecule is C=CCNC(=O)CSc1nc2ccccc2c(=O)n1CCCOCC. The standard InChI is InChI=1S/C18H23N3O3S/c1-3-10-19-16(22)13-25-18-20-15-9-6-5-8-14(15)17(23)21(18)11-7-12-24-4-2/h3,5-6,8-9H,1,4,7,10-13H2,2H3,(H,19,22). The number of nitrogens with zero attached hydrogens (tertiary/aromatic N) is 2. The van der Waals surface area contributed by atoms with Crippen LogP contribution in [0.4, 0.5) is 0 Å². The second kappa shape index (κ2) is 10.0. The van der Waals surface area contributed by atoms with E-state index in [-0.39, 0.29) is 17.2 Å². The normalized spacial score (nSPS) is 10.8. The molecule has 134 valence electrons. The van der Waals surface area contributed by atoms with Crippen LogP contribution in [0.5, 0.6) is 0 Å². The fraction of sp³-hybridized carbons (Fsp3) is 0.389. The molecule has 2 aromatic rings. The van der Waals surface area contributed by atoms with E-state index in [1.807, 2.05) is 25.1 Å². The van der Waals surface area contributed by atoms with Gasteiger partial charge in [0.2, 0.25) is 5.91 Å². The quantitative estimate of drug-likeness (QED) is 0.304. The molecule has 25 heavy (non-hydrogen) atoms. The number of amides is 1. The molecule has 0 aliphatic heterocycles. The number of hydrogen-bond acceptors (Lipinski definition) is 5. The average molecular weight is 361 g/mol. The summed E-state index contributed by atoms with van der Waals surface area (Å²) in [7, 11) is 0. The number of rotatable bonds is 10. The van der Waals surface area contributed by atoms with Gasteiger partial charge in [-0.3, -0.25) is 14.2 Å². The van der Waals surface area contributed by atoms with E-state index in [0.29, 0.717) is 48.8 Å². The van der Waals surface area contributed by atoms with Crippen molar-refractivity contribution < 1.29 is 9.53 Å². The molecule has 0 fully saturated rings. The third kappa shape index (κ3) is 5.44. The minimum Gasteiger partial charge on any atom is -0.382 e. The Kier molecular flexibility index (Phi) is 7.69. The number of fused-ring (bicyclic) bond motifs is 1. The molecule has 0 unspecified atom stereocenters. The lowest BCUT2D eigenvalue weighted by molar-refractivity contribution is -0.118. The fourth-order valence-electron chi connectivity index (χ4n) is 2.29. The highest BCUT2D eigenvalue weighted by Gasteiger charge is 2.12. The van der Waals surface area contributed by atoms with E-state index >= 15 is 0 Å². The van der Waals surface area contributed by atoms with Crippen LogP contribution in [0, 0.1) is 0 Å². The Bertz CT molecular complexity index is 789. The Balaban J connectivity index is 2.23. The van der Waals surface area contributed by atoms with Gasteiger partial charge < -0.3 is 10.1 Å². The van der Waals surface area contributed by atoms with E-state index in [9.17, 15) is 9.59 Å². The van der Waals surface area contributed by atoms with Crippen LogP contribution in [-0.4, -0.2) is 41.0 Å². The van der Waals surface area contributed by atoms with Crippen LogP contribution in [0.25, 0.3) is 10.9 Å². The molecule has 0 saturated heterocycles. The van der Waals surface area contributed by atoms with Crippen molar-refractivity contribution in [3.63, 3.8) is 0 Å². The van der Waals surface area contributed by atoms with Gasteiger partial charge in [-0.25, -0.2) is 4.98 Å². The average Bonchev–Trinajstić information content (AvgIpc) is 2.63. The Morgan fingerprint density at radius 1 is 1.44 bits per heavy atom. The Morgan fingerprint density at radius 3 is 3.00 bits per heavy atom. The van der Waals surface area contributed by atoms with Gasteiger partial charge in [0.15, 0.2) is 5.16 Å². The van der Waals surface area contributed by atoms with E-state index in [2.05, 4.69) is 16.9 Å². The highest BCUT2D eigenvalue weighted by molar-refractivity contribution is 7.99. The van der Waals surface area contributed by atoms with E-state index < -0.39 is 0 Å². The molecule has 0 saturated carbocycles. The Labute approximate surface area is 151 Å². The molecule has 0 radical (unpaired) electrons. The number of aromatic nitrogens is 2. The summed E-state index contributed by atoms with van der Waals surface area (Å²) in [6.07, 6.45) is 2.34. The van der Waals surface area contributed by atoms with E-state index in [1.54, 1.807) is 16.7 Å². The molecule has 0 spiro atoms. The van der Waals surface area contributed by atoms with Crippen molar-refractivity contribution >= 4 is 28.6 Å². The Morgan fingerprint density at radius 2 is 2.24 bits per heavy atom. The molecule has 0 bridgehead atoms. The second-order valence-corrected chi connectivity index (χ2v) is 6.24. The predicted molar refractivity (Wildman–Crippen MR) is 101 cm³/mol. The zero-order valence-electron chi connectivity index (χ0n) is 14.4. The maximum absolute atomic E-state index is 12.8. The summed E-state index contributed by atoms with van der Waals surface area (Å²) in [6, 6.07) is 7.25. The van der Waals surface area contributed by atoms with Crippen molar-refractivity contribution in [2.75, 3.05) is 25.5 Å². The predicted octanol–water partition coefficient (Wildman–Crippen LogP) is 2.22. The molecular formula is C18H23N3O3S. The first-order valence-electron chi connectivity index (χ1n) is 8.25. The molecular weight excluding hydrogens is 338 g/mol. The van der Waals surface area contributed by atoms with Crippen LogP contribution in [0.1, 0.15) is 13.3 Å². The van der Waals surface area contributed by atoms with Crippen LogP contribution < -0.4 is 10.9 Å². The summed E-state index contributed by atoms with van der Waals surface area (Å²) in [4.78, 5) is 29.2. The number of para-hydroxylation sites is 1. The number of thioether (sulfide) groups is 1. The number of hydrogen-bond donors (Lipinski definition) is 1. The van der Waals surface area contributed by atoms with Gasteiger partial charge in [-0.2, -0.15) is 0 Å². The van der Waals surface area contributed by atoms with Crippen molar-refractivity contribution in [1.29, 1.82) is 0 Å². The minimum atomic E-state index is -0.117. The molecule has 1 aromatic heterocycles. The van der Waals surface area contributed by atoms with Gasteiger partial charge in [0.1, 0.15) is 0 Å². The van der Waals surface area contributed by atoms with Crippen molar-refractivity contribution in [2.45, 2.75) is 25.0 Å². The van der Waals surface area contributed by atoms with Gasteiger partial charge in [0, 0.05) is 26.3 Å². The third-order valence-electron chi connectivity index (χ3n) is 3.48. The zero-order chi connectivity index (χ0) is 18.1. The van der Waals surface area contributed by atoms with Crippen molar-refractivity contribution in [3.8, 4) is 0 Å². The minimum absolute atomic E-state index is 0.0869. The van der Waals surface area contributed by atoms with E-state index in [0.717, 1.165) is 0 Å². The molecule has 6 nitrogen and oxygen atoms in total. The number of ether oxygens (including phenoxy) is 1. The lowest BCUT2D eigenvalue weighted by Gasteiger charge is -2.13. The molecule has 1 heterocycles. The fourth-order valence-corrected chi connectivity index (χ4v) is 3.15. The summed E-state index contributed by atoms with van der Waals surface area (Å²) in [5, 5.41) is 3.85. The van der Waals surface area contributed by atoms with Crippen LogP contribution in [-0.2, 0) is 16.1 Å². The van der Waals surface area contributed by atoms with Gasteiger partial charge in [-0.1, -0.05) is 30.0 Å². The van der Waals surface area contributed by atoms with E-state index in [4.69, 9.17) is 4.74 Å². The van der Waals surface area contributed by atoms with Crippen molar-refractivity contribution in [3.05, 3.63) is 47.3 Å². The molecule has 1 aromatic carbocycles. The molecule has 0 aliphatic carbocycles. The summed E-state index contributed by atoms with van der Waals surface area (Å²) in [6.45, 7) is 7.67. The van der Waals surface area contributed by atoms with Gasteiger partial charge in [0.05, 0.1) is 16.7 Å². The van der Waals surface area contributed by atoms with Gasteiger partial charge in [-0.15, -0.1) is 6.58 Å². The third-order valence-corrected chi connectivity index (χ3v) is 4.45. The summed E-state index contributed by atoms with van der Waals surface area (Å²) in [5.74, 6) is 0.0811. The summed E-state index contributed by atoms with van der Waals surface area (Å²) < 4.78 is 6.98. The molecule has 0 aliphatic rings. The summed E-state index contributed by atoms with van der Waals surface area (Å²) >= 11 is 1.26. The van der Waals surface area contributed by atoms with Gasteiger partial charge in [0.25, 0.3) is 5.56 Å². The van der Waals surface area contributed by atoms with Gasteiger partial charge >= 0.3 is 0 Å². The van der Waals surface area contributed by atoms with Crippen molar-refractivity contribution in [2.24, 2.45) is 0 Å². The Hall–Kier alpha value is -2.12. The maximum Gasteiger partial charge on any atom is 0.262 e. The van der Waals surface area contributed by atoms with Crippen molar-refractivity contribution in [1.82, 2.24) is 14.9 Å². The highest BCUT2D eigenvalue weighted by atomic mass is 32.2. The first-order chi connectivity index (χ1) is 12.2. The van der Waals surface area contributed by atoms with Crippen LogP contribution in [0.15, 0.2) is 46.9 Å². The first kappa shape index (κ1) is 19.2. The van der Waals surface area contributed by atoms with Crippen LogP contribution in [0.3, 0.4) is 0 Å². The lowest BCUT2D eigenvalue weighted by atomic mass is 10.2.